The molecule has 1 aromatic carbocycles. The van der Waals surface area contributed by atoms with Crippen LogP contribution in [0.15, 0.2) is 18.2 Å². The SMILES string of the molecule is CCNC(=O)[C@@H](C)OC(=O)Cc1cc(C)ccc1OC. The van der Waals surface area contributed by atoms with E-state index in [1.807, 2.05) is 32.0 Å². The van der Waals surface area contributed by atoms with Gasteiger partial charge in [-0.3, -0.25) is 9.59 Å². The smallest absolute Gasteiger partial charge is 0.311 e. The molecule has 0 aliphatic heterocycles. The molecule has 0 heterocycles. The van der Waals surface area contributed by atoms with E-state index in [2.05, 4.69) is 5.32 Å². The molecular weight excluding hydrogens is 258 g/mol. The molecule has 110 valence electrons. The topological polar surface area (TPSA) is 64.6 Å². The lowest BCUT2D eigenvalue weighted by Gasteiger charge is -2.14. The summed E-state index contributed by atoms with van der Waals surface area (Å²) in [5.74, 6) is -0.108. The second kappa shape index (κ2) is 7.53. The Kier molecular flexibility index (Phi) is 6.03. The first-order valence-corrected chi connectivity index (χ1v) is 6.58. The summed E-state index contributed by atoms with van der Waals surface area (Å²) in [6, 6.07) is 5.59. The number of aryl methyl sites for hydroxylation is 1. The van der Waals surface area contributed by atoms with E-state index in [-0.39, 0.29) is 12.3 Å². The normalized spacial score (nSPS) is 11.6. The van der Waals surface area contributed by atoms with Crippen molar-refractivity contribution in [3.8, 4) is 5.75 Å². The average Bonchev–Trinajstić information content (AvgIpc) is 2.39. The fourth-order valence-electron chi connectivity index (χ4n) is 1.81. The molecule has 0 saturated heterocycles. The van der Waals surface area contributed by atoms with E-state index in [0.717, 1.165) is 11.1 Å². The van der Waals surface area contributed by atoms with E-state index >= 15 is 0 Å². The highest BCUT2D eigenvalue weighted by Crippen LogP contribution is 2.20. The lowest BCUT2D eigenvalue weighted by molar-refractivity contribution is -0.154. The quantitative estimate of drug-likeness (QED) is 0.804. The fraction of sp³-hybridized carbons (Fsp3) is 0.467. The van der Waals surface area contributed by atoms with Crippen molar-refractivity contribution in [3.05, 3.63) is 29.3 Å². The van der Waals surface area contributed by atoms with Crippen molar-refractivity contribution in [2.75, 3.05) is 13.7 Å². The first kappa shape index (κ1) is 16.0. The van der Waals surface area contributed by atoms with Crippen molar-refractivity contribution < 1.29 is 19.1 Å². The minimum Gasteiger partial charge on any atom is -0.496 e. The molecule has 0 radical (unpaired) electrons. The van der Waals surface area contributed by atoms with Gasteiger partial charge >= 0.3 is 5.97 Å². The maximum atomic E-state index is 11.9. The maximum Gasteiger partial charge on any atom is 0.311 e. The molecule has 1 rings (SSSR count). The molecule has 0 fully saturated rings. The lowest BCUT2D eigenvalue weighted by Crippen LogP contribution is -2.35. The number of benzene rings is 1. The Morgan fingerprint density at radius 2 is 2.05 bits per heavy atom. The molecule has 0 aliphatic carbocycles. The Labute approximate surface area is 119 Å². The summed E-state index contributed by atoms with van der Waals surface area (Å²) in [6.45, 7) is 5.80. The first-order chi connectivity index (χ1) is 9.47. The van der Waals surface area contributed by atoms with Gasteiger partial charge in [-0.25, -0.2) is 0 Å². The molecule has 0 aromatic heterocycles. The van der Waals surface area contributed by atoms with Gasteiger partial charge in [0.1, 0.15) is 5.75 Å². The minimum atomic E-state index is -0.793. The van der Waals surface area contributed by atoms with Gasteiger partial charge in [0.25, 0.3) is 5.91 Å². The van der Waals surface area contributed by atoms with Crippen LogP contribution in [0.5, 0.6) is 5.75 Å². The van der Waals surface area contributed by atoms with E-state index in [1.54, 1.807) is 14.0 Å². The van der Waals surface area contributed by atoms with Crippen molar-refractivity contribution in [2.45, 2.75) is 33.3 Å². The zero-order chi connectivity index (χ0) is 15.1. The average molecular weight is 279 g/mol. The van der Waals surface area contributed by atoms with Crippen LogP contribution in [-0.4, -0.2) is 31.6 Å². The first-order valence-electron chi connectivity index (χ1n) is 6.58. The van der Waals surface area contributed by atoms with Gasteiger partial charge in [0.15, 0.2) is 6.10 Å². The number of carbonyl (C=O) groups excluding carboxylic acids is 2. The Bertz CT molecular complexity index is 485. The predicted molar refractivity (Wildman–Crippen MR) is 75.7 cm³/mol. The summed E-state index contributed by atoms with van der Waals surface area (Å²) >= 11 is 0. The van der Waals surface area contributed by atoms with Crippen LogP contribution in [0.1, 0.15) is 25.0 Å². The number of carbonyl (C=O) groups is 2. The second-order valence-electron chi connectivity index (χ2n) is 4.52. The van der Waals surface area contributed by atoms with Gasteiger partial charge < -0.3 is 14.8 Å². The molecule has 1 aromatic rings. The van der Waals surface area contributed by atoms with Crippen LogP contribution >= 0.6 is 0 Å². The van der Waals surface area contributed by atoms with E-state index in [0.29, 0.717) is 12.3 Å². The van der Waals surface area contributed by atoms with E-state index in [9.17, 15) is 9.59 Å². The molecule has 0 spiro atoms. The monoisotopic (exact) mass is 279 g/mol. The molecule has 0 bridgehead atoms. The van der Waals surface area contributed by atoms with E-state index in [4.69, 9.17) is 9.47 Å². The molecule has 1 atom stereocenters. The van der Waals surface area contributed by atoms with Gasteiger partial charge in [0.05, 0.1) is 13.5 Å². The number of likely N-dealkylation sites (N-methyl/N-ethyl adjacent to an activating group) is 1. The molecule has 0 unspecified atom stereocenters. The number of esters is 1. The highest BCUT2D eigenvalue weighted by atomic mass is 16.5. The van der Waals surface area contributed by atoms with Gasteiger partial charge in [-0.15, -0.1) is 0 Å². The van der Waals surface area contributed by atoms with Gasteiger partial charge in [-0.2, -0.15) is 0 Å². The number of hydrogen-bond donors (Lipinski definition) is 1. The van der Waals surface area contributed by atoms with Crippen LogP contribution in [-0.2, 0) is 20.7 Å². The van der Waals surface area contributed by atoms with Crippen molar-refractivity contribution in [1.29, 1.82) is 0 Å². The van der Waals surface area contributed by atoms with Crippen molar-refractivity contribution in [3.63, 3.8) is 0 Å². The van der Waals surface area contributed by atoms with Crippen molar-refractivity contribution >= 4 is 11.9 Å². The van der Waals surface area contributed by atoms with Crippen LogP contribution in [0.2, 0.25) is 0 Å². The van der Waals surface area contributed by atoms with Gasteiger partial charge in [-0.05, 0) is 26.8 Å². The third-order valence-corrected chi connectivity index (χ3v) is 2.80. The van der Waals surface area contributed by atoms with Crippen LogP contribution in [0.3, 0.4) is 0 Å². The standard InChI is InChI=1S/C15H21NO4/c1-5-16-15(18)11(3)20-14(17)9-12-8-10(2)6-7-13(12)19-4/h6-8,11H,5,9H2,1-4H3,(H,16,18)/t11-/m1/s1. The number of rotatable bonds is 6. The zero-order valence-electron chi connectivity index (χ0n) is 12.4. The number of hydrogen-bond acceptors (Lipinski definition) is 4. The highest BCUT2D eigenvalue weighted by molar-refractivity contribution is 5.84. The Morgan fingerprint density at radius 3 is 2.65 bits per heavy atom. The molecule has 1 amide bonds. The Hall–Kier alpha value is -2.04. The molecule has 5 nitrogen and oxygen atoms in total. The summed E-state index contributed by atoms with van der Waals surface area (Å²) in [6.07, 6.45) is -0.715. The number of ether oxygens (including phenoxy) is 2. The fourth-order valence-corrected chi connectivity index (χ4v) is 1.81. The van der Waals surface area contributed by atoms with E-state index < -0.39 is 12.1 Å². The van der Waals surface area contributed by atoms with Gasteiger partial charge in [-0.1, -0.05) is 17.7 Å². The number of nitrogens with one attached hydrogen (secondary N) is 1. The molecule has 5 heteroatoms. The molecule has 1 N–H and O–H groups in total. The maximum absolute atomic E-state index is 11.9. The minimum absolute atomic E-state index is 0.0780. The Morgan fingerprint density at radius 1 is 1.35 bits per heavy atom. The Balaban J connectivity index is 2.67. The summed E-state index contributed by atoms with van der Waals surface area (Å²) in [7, 11) is 1.55. The van der Waals surface area contributed by atoms with Crippen molar-refractivity contribution in [2.24, 2.45) is 0 Å². The van der Waals surface area contributed by atoms with Crippen LogP contribution in [0, 0.1) is 6.92 Å². The zero-order valence-corrected chi connectivity index (χ0v) is 12.4. The summed E-state index contributed by atoms with van der Waals surface area (Å²) in [5, 5.41) is 2.61. The number of amides is 1. The highest BCUT2D eigenvalue weighted by Gasteiger charge is 2.18. The lowest BCUT2D eigenvalue weighted by atomic mass is 10.1. The van der Waals surface area contributed by atoms with Crippen LogP contribution < -0.4 is 10.1 Å². The molecule has 0 saturated carbocycles. The summed E-state index contributed by atoms with van der Waals surface area (Å²) < 4.78 is 10.3. The molecule has 0 aliphatic rings. The predicted octanol–water partition coefficient (Wildman–Crippen LogP) is 1.61. The summed E-state index contributed by atoms with van der Waals surface area (Å²) in [5.41, 5.74) is 1.78. The van der Waals surface area contributed by atoms with Crippen molar-refractivity contribution in [1.82, 2.24) is 5.32 Å². The third kappa shape index (κ3) is 4.57. The van der Waals surface area contributed by atoms with Crippen LogP contribution in [0.25, 0.3) is 0 Å². The molecular formula is C15H21NO4. The number of methoxy groups -OCH3 is 1. The van der Waals surface area contributed by atoms with Gasteiger partial charge in [0.2, 0.25) is 0 Å². The molecule has 20 heavy (non-hydrogen) atoms. The summed E-state index contributed by atoms with van der Waals surface area (Å²) in [4.78, 5) is 23.3. The third-order valence-electron chi connectivity index (χ3n) is 2.80. The second-order valence-corrected chi connectivity index (χ2v) is 4.52. The largest absolute Gasteiger partial charge is 0.496 e. The van der Waals surface area contributed by atoms with Crippen LogP contribution in [0.4, 0.5) is 0 Å². The van der Waals surface area contributed by atoms with Gasteiger partial charge in [0, 0.05) is 12.1 Å². The van der Waals surface area contributed by atoms with E-state index in [1.165, 1.54) is 0 Å².